The van der Waals surface area contributed by atoms with E-state index in [0.717, 1.165) is 13.1 Å². The van der Waals surface area contributed by atoms with Crippen LogP contribution in [-0.2, 0) is 0 Å². The van der Waals surface area contributed by atoms with Crippen molar-refractivity contribution in [3.63, 3.8) is 0 Å². The van der Waals surface area contributed by atoms with Crippen molar-refractivity contribution in [1.82, 2.24) is 4.90 Å². The molecule has 0 saturated carbocycles. The minimum atomic E-state index is 0.278. The highest BCUT2D eigenvalue weighted by atomic mass is 16.3. The van der Waals surface area contributed by atoms with Crippen molar-refractivity contribution in [2.24, 2.45) is 0 Å². The van der Waals surface area contributed by atoms with E-state index in [9.17, 15) is 0 Å². The lowest BCUT2D eigenvalue weighted by molar-refractivity contribution is 0.134. The lowest BCUT2D eigenvalue weighted by Gasteiger charge is -2.26. The Labute approximate surface area is 70.2 Å². The van der Waals surface area contributed by atoms with Crippen LogP contribution in [0.4, 0.5) is 0 Å². The first-order chi connectivity index (χ1) is 5.26. The van der Waals surface area contributed by atoms with E-state index in [4.69, 9.17) is 5.11 Å². The summed E-state index contributed by atoms with van der Waals surface area (Å²) in [6.45, 7) is 8.91. The quantitative estimate of drug-likeness (QED) is 0.634. The second-order valence-electron chi connectivity index (χ2n) is 3.07. The van der Waals surface area contributed by atoms with E-state index < -0.39 is 0 Å². The molecule has 0 aliphatic carbocycles. The highest BCUT2D eigenvalue weighted by Gasteiger charge is 2.09. The third kappa shape index (κ3) is 4.38. The summed E-state index contributed by atoms with van der Waals surface area (Å²) in [5.74, 6) is 0. The fraction of sp³-hybridized carbons (Fsp3) is 1.00. The Hall–Kier alpha value is -0.0800. The van der Waals surface area contributed by atoms with Gasteiger partial charge in [-0.15, -0.1) is 0 Å². The number of aliphatic hydroxyl groups is 1. The number of aliphatic hydroxyl groups excluding tert-OH is 1. The topological polar surface area (TPSA) is 23.5 Å². The van der Waals surface area contributed by atoms with E-state index in [1.165, 1.54) is 12.8 Å². The first kappa shape index (κ1) is 10.9. The zero-order valence-electron chi connectivity index (χ0n) is 8.01. The molecule has 0 aliphatic heterocycles. The Kier molecular flexibility index (Phi) is 6.57. The van der Waals surface area contributed by atoms with Gasteiger partial charge in [0.25, 0.3) is 0 Å². The van der Waals surface area contributed by atoms with Crippen LogP contribution in [-0.4, -0.2) is 35.7 Å². The Bertz CT molecular complexity index is 79.6. The highest BCUT2D eigenvalue weighted by molar-refractivity contribution is 4.64. The largest absolute Gasteiger partial charge is 0.395 e. The van der Waals surface area contributed by atoms with Crippen LogP contribution in [0.15, 0.2) is 0 Å². The molecule has 2 heteroatoms. The van der Waals surface area contributed by atoms with Crippen molar-refractivity contribution >= 4 is 0 Å². The number of nitrogens with zero attached hydrogens (tertiary/aromatic N) is 1. The standard InChI is InChI=1S/C9H21NO/c1-4-6-10(7-5-2)9(3)8-11/h9,11H,4-8H2,1-3H3/t9-/m0/s1. The van der Waals surface area contributed by atoms with Crippen molar-refractivity contribution in [3.05, 3.63) is 0 Å². The van der Waals surface area contributed by atoms with Crippen molar-refractivity contribution in [2.45, 2.75) is 39.7 Å². The second kappa shape index (κ2) is 6.62. The monoisotopic (exact) mass is 159 g/mol. The van der Waals surface area contributed by atoms with E-state index in [0.29, 0.717) is 6.04 Å². The summed E-state index contributed by atoms with van der Waals surface area (Å²) in [4.78, 5) is 2.33. The third-order valence-corrected chi connectivity index (χ3v) is 1.91. The highest BCUT2D eigenvalue weighted by Crippen LogP contribution is 2.00. The Morgan fingerprint density at radius 1 is 1.18 bits per heavy atom. The van der Waals surface area contributed by atoms with E-state index in [1.807, 2.05) is 0 Å². The molecule has 0 bridgehead atoms. The molecular weight excluding hydrogens is 138 g/mol. The molecule has 0 heterocycles. The molecule has 1 atom stereocenters. The molecule has 0 rings (SSSR count). The molecule has 0 aromatic carbocycles. The van der Waals surface area contributed by atoms with Gasteiger partial charge in [-0.1, -0.05) is 13.8 Å². The van der Waals surface area contributed by atoms with Gasteiger partial charge in [-0.25, -0.2) is 0 Å². The molecule has 0 aliphatic rings. The summed E-state index contributed by atoms with van der Waals surface area (Å²) in [7, 11) is 0. The molecule has 0 saturated heterocycles. The molecular formula is C9H21NO. The van der Waals surface area contributed by atoms with Gasteiger partial charge in [-0.2, -0.15) is 0 Å². The zero-order valence-corrected chi connectivity index (χ0v) is 8.01. The smallest absolute Gasteiger partial charge is 0.0584 e. The maximum Gasteiger partial charge on any atom is 0.0584 e. The van der Waals surface area contributed by atoms with Crippen molar-refractivity contribution < 1.29 is 5.11 Å². The lowest BCUT2D eigenvalue weighted by Crippen LogP contribution is -2.36. The summed E-state index contributed by atoms with van der Waals surface area (Å²) >= 11 is 0. The van der Waals surface area contributed by atoms with Gasteiger partial charge >= 0.3 is 0 Å². The summed E-state index contributed by atoms with van der Waals surface area (Å²) < 4.78 is 0. The molecule has 2 nitrogen and oxygen atoms in total. The molecule has 0 amide bonds. The van der Waals surface area contributed by atoms with Crippen molar-refractivity contribution in [2.75, 3.05) is 19.7 Å². The van der Waals surface area contributed by atoms with Crippen LogP contribution >= 0.6 is 0 Å². The molecule has 68 valence electrons. The van der Waals surface area contributed by atoms with Crippen LogP contribution in [0.5, 0.6) is 0 Å². The second-order valence-corrected chi connectivity index (χ2v) is 3.07. The number of hydrogen-bond acceptors (Lipinski definition) is 2. The van der Waals surface area contributed by atoms with Crippen LogP contribution in [0.3, 0.4) is 0 Å². The van der Waals surface area contributed by atoms with Gasteiger partial charge in [-0.05, 0) is 32.9 Å². The van der Waals surface area contributed by atoms with Crippen LogP contribution in [0.2, 0.25) is 0 Å². The molecule has 1 N–H and O–H groups in total. The number of rotatable bonds is 6. The molecule has 0 spiro atoms. The maximum absolute atomic E-state index is 8.92. The first-order valence-electron chi connectivity index (χ1n) is 4.61. The van der Waals surface area contributed by atoms with Crippen molar-refractivity contribution in [3.8, 4) is 0 Å². The SMILES string of the molecule is CCCN(CCC)[C@@H](C)CO. The van der Waals surface area contributed by atoms with Crippen LogP contribution in [0, 0.1) is 0 Å². The van der Waals surface area contributed by atoms with Gasteiger partial charge < -0.3 is 5.11 Å². The summed E-state index contributed by atoms with van der Waals surface area (Å²) in [5.41, 5.74) is 0. The molecule has 0 aromatic rings. The van der Waals surface area contributed by atoms with Gasteiger partial charge in [0.1, 0.15) is 0 Å². The molecule has 0 unspecified atom stereocenters. The van der Waals surface area contributed by atoms with Gasteiger partial charge in [0.2, 0.25) is 0 Å². The molecule has 0 aromatic heterocycles. The zero-order chi connectivity index (χ0) is 8.69. The Morgan fingerprint density at radius 2 is 1.64 bits per heavy atom. The minimum absolute atomic E-state index is 0.278. The minimum Gasteiger partial charge on any atom is -0.395 e. The van der Waals surface area contributed by atoms with Gasteiger partial charge in [0.15, 0.2) is 0 Å². The molecule has 11 heavy (non-hydrogen) atoms. The average molecular weight is 159 g/mol. The predicted molar refractivity (Wildman–Crippen MR) is 48.7 cm³/mol. The average Bonchev–Trinajstić information content (AvgIpc) is 2.03. The van der Waals surface area contributed by atoms with E-state index in [2.05, 4.69) is 25.7 Å². The predicted octanol–water partition coefficient (Wildman–Crippen LogP) is 1.49. The summed E-state index contributed by atoms with van der Waals surface area (Å²) in [6, 6.07) is 0.329. The fourth-order valence-electron chi connectivity index (χ4n) is 1.24. The van der Waals surface area contributed by atoms with E-state index >= 15 is 0 Å². The Morgan fingerprint density at radius 3 is 1.91 bits per heavy atom. The van der Waals surface area contributed by atoms with Crippen LogP contribution in [0.25, 0.3) is 0 Å². The summed E-state index contributed by atoms with van der Waals surface area (Å²) in [5, 5.41) is 8.92. The summed E-state index contributed by atoms with van der Waals surface area (Å²) in [6.07, 6.45) is 2.34. The number of hydrogen-bond donors (Lipinski definition) is 1. The first-order valence-corrected chi connectivity index (χ1v) is 4.61. The van der Waals surface area contributed by atoms with Crippen LogP contribution in [0.1, 0.15) is 33.6 Å². The van der Waals surface area contributed by atoms with Gasteiger partial charge in [0, 0.05) is 6.04 Å². The fourth-order valence-corrected chi connectivity index (χ4v) is 1.24. The van der Waals surface area contributed by atoms with Crippen LogP contribution < -0.4 is 0 Å². The van der Waals surface area contributed by atoms with Crippen molar-refractivity contribution in [1.29, 1.82) is 0 Å². The van der Waals surface area contributed by atoms with Gasteiger partial charge in [-0.3, -0.25) is 4.90 Å². The third-order valence-electron chi connectivity index (χ3n) is 1.91. The Balaban J connectivity index is 3.66. The normalized spacial score (nSPS) is 13.9. The van der Waals surface area contributed by atoms with Gasteiger partial charge in [0.05, 0.1) is 6.61 Å². The maximum atomic E-state index is 8.92. The molecule has 0 fully saturated rings. The lowest BCUT2D eigenvalue weighted by atomic mass is 10.2. The van der Waals surface area contributed by atoms with E-state index in [1.54, 1.807) is 0 Å². The molecule has 0 radical (unpaired) electrons. The van der Waals surface area contributed by atoms with E-state index in [-0.39, 0.29) is 6.61 Å².